The first-order valence-corrected chi connectivity index (χ1v) is 6.25. The summed E-state index contributed by atoms with van der Waals surface area (Å²) < 4.78 is 0. The molecule has 0 aromatic heterocycles. The number of likely N-dealkylation sites (N-methyl/N-ethyl adjacent to an activating group) is 1. The molecule has 1 aliphatic carbocycles. The maximum Gasteiger partial charge on any atom is 0.0252 e. The van der Waals surface area contributed by atoms with Crippen molar-refractivity contribution >= 4 is 0 Å². The van der Waals surface area contributed by atoms with Crippen LogP contribution in [0, 0.1) is 11.8 Å². The van der Waals surface area contributed by atoms with Crippen molar-refractivity contribution in [2.45, 2.75) is 31.7 Å². The molecule has 3 fully saturated rings. The van der Waals surface area contributed by atoms with E-state index >= 15 is 0 Å². The van der Waals surface area contributed by atoms with Crippen LogP contribution in [-0.2, 0) is 0 Å². The average Bonchev–Trinajstić information content (AvgIpc) is 2.90. The van der Waals surface area contributed by atoms with Crippen LogP contribution < -0.4 is 0 Å². The third kappa shape index (κ3) is 1.70. The van der Waals surface area contributed by atoms with E-state index in [2.05, 4.69) is 16.8 Å². The molecule has 14 heavy (non-hydrogen) atoms. The van der Waals surface area contributed by atoms with Crippen molar-refractivity contribution in [3.8, 4) is 0 Å². The lowest BCUT2D eigenvalue weighted by Gasteiger charge is -2.36. The molecule has 0 bridgehead atoms. The molecule has 2 nitrogen and oxygen atoms in total. The van der Waals surface area contributed by atoms with Gasteiger partial charge in [-0.25, -0.2) is 0 Å². The molecule has 0 radical (unpaired) electrons. The highest BCUT2D eigenvalue weighted by molar-refractivity contribution is 4.94. The van der Waals surface area contributed by atoms with Crippen molar-refractivity contribution in [3.63, 3.8) is 0 Å². The lowest BCUT2D eigenvalue weighted by molar-refractivity contribution is 0.120. The zero-order valence-electron chi connectivity index (χ0n) is 9.28. The Balaban J connectivity index is 1.62. The predicted octanol–water partition coefficient (Wildman–Crippen LogP) is 1.42. The minimum Gasteiger partial charge on any atom is -0.305 e. The Kier molecular flexibility index (Phi) is 2.29. The highest BCUT2D eigenvalue weighted by Crippen LogP contribution is 2.36. The number of hydrogen-bond donors (Lipinski definition) is 0. The zero-order chi connectivity index (χ0) is 9.54. The Morgan fingerprint density at radius 2 is 1.86 bits per heavy atom. The van der Waals surface area contributed by atoms with E-state index in [1.807, 2.05) is 0 Å². The summed E-state index contributed by atoms with van der Waals surface area (Å²) in [6, 6.07) is 0.911. The van der Waals surface area contributed by atoms with Gasteiger partial charge in [-0.05, 0) is 57.7 Å². The summed E-state index contributed by atoms with van der Waals surface area (Å²) in [5.74, 6) is 2.10. The molecule has 2 atom stereocenters. The molecule has 1 saturated carbocycles. The fraction of sp³-hybridized carbons (Fsp3) is 1.00. The molecular weight excluding hydrogens is 172 g/mol. The maximum atomic E-state index is 2.79. The maximum absolute atomic E-state index is 2.79. The van der Waals surface area contributed by atoms with Crippen LogP contribution in [-0.4, -0.2) is 49.1 Å². The molecular formula is C12H22N2. The van der Waals surface area contributed by atoms with Crippen LogP contribution in [0.1, 0.15) is 25.7 Å². The van der Waals surface area contributed by atoms with Crippen molar-refractivity contribution in [3.05, 3.63) is 0 Å². The highest BCUT2D eigenvalue weighted by atomic mass is 15.2. The minimum atomic E-state index is 0.911. The van der Waals surface area contributed by atoms with E-state index in [4.69, 9.17) is 0 Å². The second kappa shape index (κ2) is 3.49. The van der Waals surface area contributed by atoms with Crippen LogP contribution in [0.25, 0.3) is 0 Å². The molecule has 3 rings (SSSR count). The molecule has 0 N–H and O–H groups in total. The SMILES string of the molecule is CN1CC[C@H]2CCN(CC3CC3)[C@H]2C1. The lowest BCUT2D eigenvalue weighted by atomic mass is 9.92. The molecule has 80 valence electrons. The van der Waals surface area contributed by atoms with Gasteiger partial charge in [-0.2, -0.15) is 0 Å². The number of rotatable bonds is 2. The Morgan fingerprint density at radius 1 is 1.07 bits per heavy atom. The molecule has 2 heterocycles. The third-order valence-corrected chi connectivity index (χ3v) is 4.37. The van der Waals surface area contributed by atoms with Gasteiger partial charge in [0.15, 0.2) is 0 Å². The molecule has 3 aliphatic rings. The summed E-state index contributed by atoms with van der Waals surface area (Å²) in [5.41, 5.74) is 0. The Bertz CT molecular complexity index is 212. The minimum absolute atomic E-state index is 0.911. The second-order valence-corrected chi connectivity index (χ2v) is 5.61. The topological polar surface area (TPSA) is 6.48 Å². The summed E-state index contributed by atoms with van der Waals surface area (Å²) in [6.45, 7) is 5.46. The highest BCUT2D eigenvalue weighted by Gasteiger charge is 2.39. The first-order valence-electron chi connectivity index (χ1n) is 6.25. The van der Waals surface area contributed by atoms with Gasteiger partial charge in [-0.3, -0.25) is 4.90 Å². The first kappa shape index (κ1) is 9.17. The van der Waals surface area contributed by atoms with E-state index in [0.29, 0.717) is 0 Å². The van der Waals surface area contributed by atoms with E-state index in [-0.39, 0.29) is 0 Å². The van der Waals surface area contributed by atoms with E-state index in [9.17, 15) is 0 Å². The quantitative estimate of drug-likeness (QED) is 0.656. The largest absolute Gasteiger partial charge is 0.305 e. The van der Waals surface area contributed by atoms with Gasteiger partial charge in [-0.15, -0.1) is 0 Å². The second-order valence-electron chi connectivity index (χ2n) is 5.61. The number of piperidine rings is 1. The van der Waals surface area contributed by atoms with E-state index < -0.39 is 0 Å². The van der Waals surface area contributed by atoms with E-state index in [1.54, 1.807) is 0 Å². The molecule has 0 aromatic rings. The van der Waals surface area contributed by atoms with Gasteiger partial charge in [0.05, 0.1) is 0 Å². The van der Waals surface area contributed by atoms with E-state index in [0.717, 1.165) is 17.9 Å². The summed E-state index contributed by atoms with van der Waals surface area (Å²) in [6.07, 6.45) is 5.93. The normalized spacial score (nSPS) is 40.1. The third-order valence-electron chi connectivity index (χ3n) is 4.37. The van der Waals surface area contributed by atoms with E-state index in [1.165, 1.54) is 51.9 Å². The van der Waals surface area contributed by atoms with Gasteiger partial charge in [0.2, 0.25) is 0 Å². The van der Waals surface area contributed by atoms with Crippen LogP contribution >= 0.6 is 0 Å². The predicted molar refractivity (Wildman–Crippen MR) is 58.3 cm³/mol. The average molecular weight is 194 g/mol. The summed E-state index contributed by atoms with van der Waals surface area (Å²) in [5, 5.41) is 0. The molecule has 0 amide bonds. The molecule has 2 saturated heterocycles. The van der Waals surface area contributed by atoms with Gasteiger partial charge in [-0.1, -0.05) is 0 Å². The Hall–Kier alpha value is -0.0800. The van der Waals surface area contributed by atoms with Crippen molar-refractivity contribution in [1.82, 2.24) is 9.80 Å². The standard InChI is InChI=1S/C12H22N2/c1-13-6-4-11-5-7-14(12(11)9-13)8-10-2-3-10/h10-12H,2-9H2,1H3/t11-,12-/m0/s1. The number of fused-ring (bicyclic) bond motifs is 1. The van der Waals surface area contributed by atoms with Gasteiger partial charge >= 0.3 is 0 Å². The van der Waals surface area contributed by atoms with Gasteiger partial charge < -0.3 is 4.90 Å². The first-order chi connectivity index (χ1) is 6.83. The van der Waals surface area contributed by atoms with Crippen molar-refractivity contribution < 1.29 is 0 Å². The van der Waals surface area contributed by atoms with Crippen LogP contribution in [0.3, 0.4) is 0 Å². The van der Waals surface area contributed by atoms with Crippen molar-refractivity contribution in [2.75, 3.05) is 33.2 Å². The number of hydrogen-bond acceptors (Lipinski definition) is 2. The van der Waals surface area contributed by atoms with Gasteiger partial charge in [0, 0.05) is 19.1 Å². The van der Waals surface area contributed by atoms with Crippen LogP contribution in [0.15, 0.2) is 0 Å². The lowest BCUT2D eigenvalue weighted by Crippen LogP contribution is -2.47. The molecule has 0 aromatic carbocycles. The molecule has 2 heteroatoms. The molecule has 0 unspecified atom stereocenters. The van der Waals surface area contributed by atoms with Gasteiger partial charge in [0.1, 0.15) is 0 Å². The van der Waals surface area contributed by atoms with Gasteiger partial charge in [0.25, 0.3) is 0 Å². The van der Waals surface area contributed by atoms with Crippen molar-refractivity contribution in [2.24, 2.45) is 11.8 Å². The number of likely N-dealkylation sites (tertiary alicyclic amines) is 2. The Morgan fingerprint density at radius 3 is 2.64 bits per heavy atom. The summed E-state index contributed by atoms with van der Waals surface area (Å²) in [7, 11) is 2.28. The van der Waals surface area contributed by atoms with Crippen LogP contribution in [0.5, 0.6) is 0 Å². The fourth-order valence-corrected chi connectivity index (χ4v) is 3.24. The monoisotopic (exact) mass is 194 g/mol. The summed E-state index contributed by atoms with van der Waals surface area (Å²) in [4.78, 5) is 5.31. The smallest absolute Gasteiger partial charge is 0.0252 e. The zero-order valence-corrected chi connectivity index (χ0v) is 9.28. The summed E-state index contributed by atoms with van der Waals surface area (Å²) >= 11 is 0. The van der Waals surface area contributed by atoms with Crippen LogP contribution in [0.2, 0.25) is 0 Å². The Labute approximate surface area is 87.3 Å². The van der Waals surface area contributed by atoms with Crippen molar-refractivity contribution in [1.29, 1.82) is 0 Å². The number of nitrogens with zero attached hydrogens (tertiary/aromatic N) is 2. The molecule has 0 spiro atoms. The molecule has 2 aliphatic heterocycles. The van der Waals surface area contributed by atoms with Crippen LogP contribution in [0.4, 0.5) is 0 Å². The fourth-order valence-electron chi connectivity index (χ4n) is 3.24.